The van der Waals surface area contributed by atoms with Gasteiger partial charge in [0.15, 0.2) is 0 Å². The van der Waals surface area contributed by atoms with Crippen LogP contribution in [0.25, 0.3) is 0 Å². The van der Waals surface area contributed by atoms with Crippen molar-refractivity contribution in [1.82, 2.24) is 0 Å². The first-order valence-corrected chi connectivity index (χ1v) is 6.96. The summed E-state index contributed by atoms with van der Waals surface area (Å²) in [6.45, 7) is 2.30. The Labute approximate surface area is 111 Å². The van der Waals surface area contributed by atoms with Crippen molar-refractivity contribution in [3.63, 3.8) is 0 Å². The summed E-state index contributed by atoms with van der Waals surface area (Å²) in [7, 11) is 0. The summed E-state index contributed by atoms with van der Waals surface area (Å²) in [5, 5.41) is 0. The highest BCUT2D eigenvalue weighted by Gasteiger charge is 2.07. The van der Waals surface area contributed by atoms with Crippen LogP contribution in [-0.4, -0.2) is 0 Å². The second-order valence-corrected chi connectivity index (χ2v) is 4.99. The Morgan fingerprint density at radius 2 is 1.33 bits per heavy atom. The Morgan fingerprint density at radius 1 is 0.778 bits per heavy atom. The molecule has 1 atom stereocenters. The van der Waals surface area contributed by atoms with Gasteiger partial charge in [0.25, 0.3) is 0 Å². The molecule has 0 aromatic heterocycles. The van der Waals surface area contributed by atoms with Crippen molar-refractivity contribution in [2.75, 3.05) is 0 Å². The first-order chi connectivity index (χ1) is 8.88. The Bertz CT molecular complexity index is 430. The highest BCUT2D eigenvalue weighted by molar-refractivity contribution is 5.16. The Balaban J connectivity index is 1.86. The molecule has 0 fully saturated rings. The number of rotatable bonds is 6. The maximum atomic E-state index is 2.30. The molecule has 0 nitrogen and oxygen atoms in total. The lowest BCUT2D eigenvalue weighted by Crippen LogP contribution is -2.05. The molecule has 94 valence electrons. The zero-order chi connectivity index (χ0) is 12.6. The van der Waals surface area contributed by atoms with E-state index in [1.807, 2.05) is 0 Å². The molecule has 0 saturated heterocycles. The Kier molecular flexibility index (Phi) is 5.01. The molecular weight excluding hydrogens is 216 g/mol. The molecule has 2 rings (SSSR count). The minimum Gasteiger partial charge on any atom is -0.0651 e. The molecule has 2 aromatic rings. The van der Waals surface area contributed by atoms with E-state index in [0.717, 1.165) is 5.92 Å². The third-order valence-electron chi connectivity index (χ3n) is 3.63. The van der Waals surface area contributed by atoms with Crippen LogP contribution in [0.15, 0.2) is 60.7 Å². The van der Waals surface area contributed by atoms with Crippen LogP contribution in [0, 0.1) is 5.92 Å². The van der Waals surface area contributed by atoms with E-state index in [2.05, 4.69) is 67.6 Å². The van der Waals surface area contributed by atoms with E-state index >= 15 is 0 Å². The molecule has 0 spiro atoms. The average Bonchev–Trinajstić information content (AvgIpc) is 2.45. The third-order valence-corrected chi connectivity index (χ3v) is 3.63. The molecule has 0 radical (unpaired) electrons. The maximum absolute atomic E-state index is 2.30. The van der Waals surface area contributed by atoms with Crippen LogP contribution < -0.4 is 0 Å². The van der Waals surface area contributed by atoms with Gasteiger partial charge in [-0.2, -0.15) is 0 Å². The predicted molar refractivity (Wildman–Crippen MR) is 78.7 cm³/mol. The molecular formula is C18H22. The van der Waals surface area contributed by atoms with E-state index in [1.54, 1.807) is 0 Å². The standard InChI is InChI=1S/C18H22/c1-2-16(15-18-11-7-4-8-12-18)13-14-17-9-5-3-6-10-17/h3-12,16H,2,13-15H2,1H3. The lowest BCUT2D eigenvalue weighted by Gasteiger charge is -2.14. The van der Waals surface area contributed by atoms with Gasteiger partial charge in [0, 0.05) is 0 Å². The van der Waals surface area contributed by atoms with Gasteiger partial charge in [-0.1, -0.05) is 74.0 Å². The minimum atomic E-state index is 0.799. The Morgan fingerprint density at radius 3 is 1.89 bits per heavy atom. The minimum absolute atomic E-state index is 0.799. The zero-order valence-electron chi connectivity index (χ0n) is 11.2. The molecule has 0 amide bonds. The van der Waals surface area contributed by atoms with Crippen LogP contribution in [0.2, 0.25) is 0 Å². The fourth-order valence-electron chi connectivity index (χ4n) is 2.41. The van der Waals surface area contributed by atoms with Crippen molar-refractivity contribution >= 4 is 0 Å². The quantitative estimate of drug-likeness (QED) is 0.672. The van der Waals surface area contributed by atoms with Gasteiger partial charge in [-0.05, 0) is 36.3 Å². The summed E-state index contributed by atoms with van der Waals surface area (Å²) in [6.07, 6.45) is 4.97. The third kappa shape index (κ3) is 4.03. The molecule has 0 heteroatoms. The second kappa shape index (κ2) is 7.00. The molecule has 0 aliphatic carbocycles. The number of benzene rings is 2. The van der Waals surface area contributed by atoms with Crippen LogP contribution >= 0.6 is 0 Å². The highest BCUT2D eigenvalue weighted by Crippen LogP contribution is 2.18. The maximum Gasteiger partial charge on any atom is -0.0250 e. The molecule has 0 bridgehead atoms. The highest BCUT2D eigenvalue weighted by atomic mass is 14.1. The van der Waals surface area contributed by atoms with E-state index < -0.39 is 0 Å². The summed E-state index contributed by atoms with van der Waals surface area (Å²) in [5.41, 5.74) is 2.93. The van der Waals surface area contributed by atoms with Gasteiger partial charge in [-0.3, -0.25) is 0 Å². The van der Waals surface area contributed by atoms with Gasteiger partial charge >= 0.3 is 0 Å². The lowest BCUT2D eigenvalue weighted by molar-refractivity contribution is 0.468. The molecule has 0 heterocycles. The van der Waals surface area contributed by atoms with Gasteiger partial charge in [-0.15, -0.1) is 0 Å². The molecule has 0 aliphatic rings. The van der Waals surface area contributed by atoms with Crippen LogP contribution in [0.4, 0.5) is 0 Å². The Hall–Kier alpha value is -1.56. The summed E-state index contributed by atoms with van der Waals surface area (Å²) in [5.74, 6) is 0.799. The predicted octanol–water partition coefficient (Wildman–Crippen LogP) is 4.89. The van der Waals surface area contributed by atoms with Crippen molar-refractivity contribution in [2.24, 2.45) is 5.92 Å². The molecule has 0 N–H and O–H groups in total. The number of hydrogen-bond acceptors (Lipinski definition) is 0. The van der Waals surface area contributed by atoms with E-state index in [9.17, 15) is 0 Å². The van der Waals surface area contributed by atoms with Crippen LogP contribution in [0.3, 0.4) is 0 Å². The van der Waals surface area contributed by atoms with Gasteiger partial charge in [0.2, 0.25) is 0 Å². The van der Waals surface area contributed by atoms with Gasteiger partial charge < -0.3 is 0 Å². The molecule has 2 aromatic carbocycles. The average molecular weight is 238 g/mol. The number of hydrogen-bond donors (Lipinski definition) is 0. The normalized spacial score (nSPS) is 12.3. The molecule has 0 saturated carbocycles. The topological polar surface area (TPSA) is 0 Å². The monoisotopic (exact) mass is 238 g/mol. The summed E-state index contributed by atoms with van der Waals surface area (Å²) >= 11 is 0. The molecule has 0 aliphatic heterocycles. The summed E-state index contributed by atoms with van der Waals surface area (Å²) < 4.78 is 0. The van der Waals surface area contributed by atoms with E-state index in [0.29, 0.717) is 0 Å². The van der Waals surface area contributed by atoms with E-state index in [-0.39, 0.29) is 0 Å². The summed E-state index contributed by atoms with van der Waals surface area (Å²) in [4.78, 5) is 0. The smallest absolute Gasteiger partial charge is 0.0250 e. The van der Waals surface area contributed by atoms with Crippen molar-refractivity contribution in [3.05, 3.63) is 71.8 Å². The summed E-state index contributed by atoms with van der Waals surface area (Å²) in [6, 6.07) is 21.7. The number of aryl methyl sites for hydroxylation is 1. The van der Waals surface area contributed by atoms with E-state index in [4.69, 9.17) is 0 Å². The van der Waals surface area contributed by atoms with Crippen LogP contribution in [-0.2, 0) is 12.8 Å². The van der Waals surface area contributed by atoms with Crippen molar-refractivity contribution in [3.8, 4) is 0 Å². The second-order valence-electron chi connectivity index (χ2n) is 4.99. The van der Waals surface area contributed by atoms with Gasteiger partial charge in [-0.25, -0.2) is 0 Å². The molecule has 1 unspecified atom stereocenters. The molecule has 18 heavy (non-hydrogen) atoms. The lowest BCUT2D eigenvalue weighted by atomic mass is 9.91. The fraction of sp³-hybridized carbons (Fsp3) is 0.333. The van der Waals surface area contributed by atoms with Crippen LogP contribution in [0.1, 0.15) is 30.9 Å². The largest absolute Gasteiger partial charge is 0.0651 e. The zero-order valence-corrected chi connectivity index (χ0v) is 11.2. The van der Waals surface area contributed by atoms with Crippen molar-refractivity contribution < 1.29 is 0 Å². The first kappa shape index (κ1) is 12.9. The van der Waals surface area contributed by atoms with Crippen molar-refractivity contribution in [1.29, 1.82) is 0 Å². The van der Waals surface area contributed by atoms with Crippen molar-refractivity contribution in [2.45, 2.75) is 32.6 Å². The first-order valence-electron chi connectivity index (χ1n) is 6.96. The van der Waals surface area contributed by atoms with E-state index in [1.165, 1.54) is 36.8 Å². The van der Waals surface area contributed by atoms with Gasteiger partial charge in [0.1, 0.15) is 0 Å². The SMILES string of the molecule is CCC(CCc1ccccc1)Cc1ccccc1. The van der Waals surface area contributed by atoms with Crippen LogP contribution in [0.5, 0.6) is 0 Å². The van der Waals surface area contributed by atoms with Gasteiger partial charge in [0.05, 0.1) is 0 Å². The fourth-order valence-corrected chi connectivity index (χ4v) is 2.41.